The largest absolute Gasteiger partial charge is 0.494 e. The number of aromatic nitrogens is 1. The van der Waals surface area contributed by atoms with Crippen molar-refractivity contribution in [2.75, 3.05) is 6.61 Å². The smallest absolute Gasteiger partial charge is 0.283 e. The number of nitrogens with zero attached hydrogens (tertiary/aromatic N) is 4. The fourth-order valence-electron chi connectivity index (χ4n) is 2.85. The van der Waals surface area contributed by atoms with Gasteiger partial charge in [0, 0.05) is 17.6 Å². The predicted molar refractivity (Wildman–Crippen MR) is 108 cm³/mol. The van der Waals surface area contributed by atoms with Crippen molar-refractivity contribution < 1.29 is 9.53 Å². The van der Waals surface area contributed by atoms with Crippen LogP contribution in [-0.2, 0) is 4.79 Å². The van der Waals surface area contributed by atoms with Crippen molar-refractivity contribution in [1.29, 1.82) is 5.41 Å². The number of fused-ring (bicyclic) bond motifs is 1. The van der Waals surface area contributed by atoms with Crippen LogP contribution < -0.4 is 4.74 Å². The molecule has 0 saturated carbocycles. The topological polar surface area (TPSA) is 83.0 Å². The molecule has 0 fully saturated rings. The molecule has 8 heteroatoms. The third-order valence-corrected chi connectivity index (χ3v) is 4.88. The van der Waals surface area contributed by atoms with E-state index in [-0.39, 0.29) is 11.4 Å². The number of thioether (sulfide) groups is 1. The first-order valence-corrected chi connectivity index (χ1v) is 9.26. The summed E-state index contributed by atoms with van der Waals surface area (Å²) in [6.45, 7) is 4.38. The number of hydrazone groups is 1. The van der Waals surface area contributed by atoms with Gasteiger partial charge in [-0.3, -0.25) is 10.2 Å². The number of rotatable bonds is 4. The number of carbonyl (C=O) groups is 1. The van der Waals surface area contributed by atoms with Crippen molar-refractivity contribution in [3.63, 3.8) is 0 Å². The second-order valence-electron chi connectivity index (χ2n) is 5.87. The molecule has 2 aliphatic heterocycles. The van der Waals surface area contributed by atoms with Gasteiger partial charge in [-0.25, -0.2) is 0 Å². The molecule has 136 valence electrons. The lowest BCUT2D eigenvalue weighted by Gasteiger charge is -2.20. The van der Waals surface area contributed by atoms with Crippen LogP contribution in [0.4, 0.5) is 0 Å². The Morgan fingerprint density at radius 2 is 2.04 bits per heavy atom. The second-order valence-corrected chi connectivity index (χ2v) is 7.03. The highest BCUT2D eigenvalue weighted by atomic mass is 32.2. The Morgan fingerprint density at radius 1 is 1.26 bits per heavy atom. The van der Waals surface area contributed by atoms with Gasteiger partial charge in [0.15, 0.2) is 5.84 Å². The molecular weight excluding hydrogens is 362 g/mol. The predicted octanol–water partition coefficient (Wildman–Crippen LogP) is 3.52. The molecule has 0 saturated heterocycles. The van der Waals surface area contributed by atoms with Crippen LogP contribution >= 0.6 is 11.8 Å². The minimum atomic E-state index is -0.428. The molecule has 0 unspecified atom stereocenters. The van der Waals surface area contributed by atoms with Gasteiger partial charge in [0.1, 0.15) is 5.75 Å². The van der Waals surface area contributed by atoms with Crippen molar-refractivity contribution in [2.45, 2.75) is 13.8 Å². The summed E-state index contributed by atoms with van der Waals surface area (Å²) in [5, 5.41) is 15.2. The minimum Gasteiger partial charge on any atom is -0.494 e. The third kappa shape index (κ3) is 3.19. The van der Waals surface area contributed by atoms with Gasteiger partial charge in [-0.1, -0.05) is 0 Å². The maximum atomic E-state index is 12.4. The Bertz CT molecular complexity index is 1020. The molecule has 1 amide bonds. The quantitative estimate of drug-likeness (QED) is 0.824. The van der Waals surface area contributed by atoms with E-state index in [1.165, 1.54) is 16.8 Å². The fraction of sp³-hybridized carbons (Fsp3) is 0.158. The molecule has 0 atom stereocenters. The summed E-state index contributed by atoms with van der Waals surface area (Å²) in [7, 11) is 0. The zero-order valence-electron chi connectivity index (χ0n) is 14.8. The van der Waals surface area contributed by atoms with Gasteiger partial charge in [0.2, 0.25) is 5.17 Å². The highest BCUT2D eigenvalue weighted by Gasteiger charge is 2.34. The van der Waals surface area contributed by atoms with Gasteiger partial charge in [0.25, 0.3) is 5.91 Å². The van der Waals surface area contributed by atoms with Crippen LogP contribution in [0.2, 0.25) is 0 Å². The van der Waals surface area contributed by atoms with Gasteiger partial charge in [-0.15, -0.1) is 0 Å². The molecule has 0 aliphatic carbocycles. The first kappa shape index (κ1) is 17.3. The van der Waals surface area contributed by atoms with E-state index in [1.54, 1.807) is 6.08 Å². The van der Waals surface area contributed by atoms with Gasteiger partial charge in [-0.2, -0.15) is 15.1 Å². The van der Waals surface area contributed by atoms with Crippen molar-refractivity contribution in [3.05, 3.63) is 53.9 Å². The van der Waals surface area contributed by atoms with Crippen LogP contribution in [0, 0.1) is 5.41 Å². The van der Waals surface area contributed by atoms with Crippen LogP contribution in [0.15, 0.2) is 58.3 Å². The Balaban J connectivity index is 1.69. The Labute approximate surface area is 160 Å². The number of aliphatic imine (C=N–C) groups is 1. The lowest BCUT2D eigenvalue weighted by molar-refractivity contribution is -0.114. The highest BCUT2D eigenvalue weighted by Crippen LogP contribution is 2.28. The maximum Gasteiger partial charge on any atom is 0.283 e. The number of benzene rings is 1. The van der Waals surface area contributed by atoms with Gasteiger partial charge < -0.3 is 9.30 Å². The summed E-state index contributed by atoms with van der Waals surface area (Å²) in [6.07, 6.45) is 3.58. The van der Waals surface area contributed by atoms with Gasteiger partial charge >= 0.3 is 0 Å². The van der Waals surface area contributed by atoms with E-state index in [2.05, 4.69) is 10.1 Å². The molecule has 7 nitrogen and oxygen atoms in total. The number of nitrogens with one attached hydrogen (secondary N) is 1. The third-order valence-electron chi connectivity index (χ3n) is 4.05. The molecular formula is C19H17N5O2S. The zero-order valence-corrected chi connectivity index (χ0v) is 15.7. The van der Waals surface area contributed by atoms with Crippen molar-refractivity contribution in [3.8, 4) is 11.4 Å². The van der Waals surface area contributed by atoms with E-state index in [9.17, 15) is 4.79 Å². The maximum absolute atomic E-state index is 12.4. The van der Waals surface area contributed by atoms with Gasteiger partial charge in [0.05, 0.1) is 17.2 Å². The van der Waals surface area contributed by atoms with Crippen LogP contribution in [0.3, 0.4) is 0 Å². The van der Waals surface area contributed by atoms with E-state index in [0.717, 1.165) is 22.2 Å². The molecule has 1 aromatic heterocycles. The minimum absolute atomic E-state index is 0.0359. The molecule has 2 aromatic rings. The van der Waals surface area contributed by atoms with E-state index in [0.29, 0.717) is 11.8 Å². The zero-order chi connectivity index (χ0) is 19.0. The highest BCUT2D eigenvalue weighted by molar-refractivity contribution is 8.26. The average Bonchev–Trinajstić information content (AvgIpc) is 3.26. The first-order valence-electron chi connectivity index (χ1n) is 8.44. The summed E-state index contributed by atoms with van der Waals surface area (Å²) >= 11 is 1.29. The molecule has 0 radical (unpaired) electrons. The average molecular weight is 379 g/mol. The molecule has 3 heterocycles. The number of hydrogen-bond acceptors (Lipinski definition) is 5. The number of hydrogen-bond donors (Lipinski definition) is 1. The standard InChI is InChI=1S/C19H17N5O2S/c1-3-26-15-8-6-13(7-9-15)23-10-4-5-14(23)11-16-17(20)24-19(21-18(16)25)27-12(2)22-24/h4-11,20H,3H2,1-2H3/b16-11-,20-17?. The Hall–Kier alpha value is -3.13. The fourth-order valence-corrected chi connectivity index (χ4v) is 3.59. The normalized spacial score (nSPS) is 17.9. The van der Waals surface area contributed by atoms with Crippen molar-refractivity contribution in [2.24, 2.45) is 10.1 Å². The lowest BCUT2D eigenvalue weighted by atomic mass is 10.1. The SMILES string of the molecule is CCOc1ccc(-n2cccc2/C=C2/C(=N)N3N=C(C)SC3=NC2=O)cc1. The van der Waals surface area contributed by atoms with E-state index >= 15 is 0 Å². The molecule has 1 aromatic carbocycles. The molecule has 27 heavy (non-hydrogen) atoms. The van der Waals surface area contributed by atoms with E-state index in [1.807, 2.05) is 61.0 Å². The molecule has 0 spiro atoms. The van der Waals surface area contributed by atoms with Crippen molar-refractivity contribution in [1.82, 2.24) is 9.58 Å². The van der Waals surface area contributed by atoms with E-state index in [4.69, 9.17) is 10.1 Å². The number of amidine groups is 2. The van der Waals surface area contributed by atoms with Crippen LogP contribution in [0.25, 0.3) is 11.8 Å². The summed E-state index contributed by atoms with van der Waals surface area (Å²) in [6, 6.07) is 11.5. The summed E-state index contributed by atoms with van der Waals surface area (Å²) < 4.78 is 7.42. The summed E-state index contributed by atoms with van der Waals surface area (Å²) in [5.74, 6) is 0.413. The lowest BCUT2D eigenvalue weighted by Crippen LogP contribution is -2.35. The van der Waals surface area contributed by atoms with E-state index < -0.39 is 5.91 Å². The molecule has 1 N–H and O–H groups in total. The van der Waals surface area contributed by atoms with Crippen LogP contribution in [0.5, 0.6) is 5.75 Å². The monoisotopic (exact) mass is 379 g/mol. The number of ether oxygens (including phenoxy) is 1. The van der Waals surface area contributed by atoms with Gasteiger partial charge in [-0.05, 0) is 68.1 Å². The second kappa shape index (κ2) is 6.88. The number of carbonyl (C=O) groups excluding carboxylic acids is 1. The summed E-state index contributed by atoms with van der Waals surface area (Å²) in [5.41, 5.74) is 1.92. The Morgan fingerprint density at radius 3 is 2.78 bits per heavy atom. The number of amides is 1. The molecule has 4 rings (SSSR count). The first-order chi connectivity index (χ1) is 13.1. The Kier molecular flexibility index (Phi) is 4.41. The summed E-state index contributed by atoms with van der Waals surface area (Å²) in [4.78, 5) is 16.5. The molecule has 2 aliphatic rings. The van der Waals surface area contributed by atoms with Crippen LogP contribution in [-0.4, -0.2) is 38.1 Å². The molecule has 0 bridgehead atoms. The van der Waals surface area contributed by atoms with Crippen molar-refractivity contribution >= 4 is 39.8 Å². The van der Waals surface area contributed by atoms with Crippen LogP contribution in [0.1, 0.15) is 19.5 Å².